The number of hydrogen-bond acceptors (Lipinski definition) is 4. The van der Waals surface area contributed by atoms with E-state index in [0.717, 1.165) is 40.8 Å². The largest absolute Gasteiger partial charge is 0.372 e. The van der Waals surface area contributed by atoms with Crippen molar-refractivity contribution >= 4 is 22.5 Å². The van der Waals surface area contributed by atoms with E-state index in [1.54, 1.807) is 12.4 Å². The number of fused-ring (bicyclic) bond motifs is 1. The van der Waals surface area contributed by atoms with E-state index in [1.165, 1.54) is 18.5 Å². The van der Waals surface area contributed by atoms with Crippen molar-refractivity contribution in [2.45, 2.75) is 19.4 Å². The minimum absolute atomic E-state index is 0.0995. The van der Waals surface area contributed by atoms with Crippen LogP contribution >= 0.6 is 0 Å². The fraction of sp³-hybridized carbons (Fsp3) is 0.192. The topological polar surface area (TPSA) is 58.1 Å². The van der Waals surface area contributed by atoms with Gasteiger partial charge in [-0.1, -0.05) is 30.3 Å². The van der Waals surface area contributed by atoms with Crippen LogP contribution in [0.4, 0.5) is 5.69 Å². The molecule has 31 heavy (non-hydrogen) atoms. The van der Waals surface area contributed by atoms with Gasteiger partial charge in [0.1, 0.15) is 0 Å². The molecule has 0 radical (unpaired) electrons. The van der Waals surface area contributed by atoms with Gasteiger partial charge in [0.25, 0.3) is 5.91 Å². The molecule has 4 aromatic rings. The lowest BCUT2D eigenvalue weighted by molar-refractivity contribution is 0.0952. The van der Waals surface area contributed by atoms with Crippen LogP contribution in [0, 0.1) is 0 Å². The molecule has 154 valence electrons. The van der Waals surface area contributed by atoms with Crippen molar-refractivity contribution in [2.75, 3.05) is 18.0 Å². The first-order valence-electron chi connectivity index (χ1n) is 10.7. The number of benzene rings is 2. The van der Waals surface area contributed by atoms with Crippen molar-refractivity contribution in [1.82, 2.24) is 15.3 Å². The van der Waals surface area contributed by atoms with E-state index in [-0.39, 0.29) is 5.91 Å². The van der Waals surface area contributed by atoms with Gasteiger partial charge in [-0.2, -0.15) is 0 Å². The fourth-order valence-electron chi connectivity index (χ4n) is 4.11. The minimum atomic E-state index is -0.0995. The van der Waals surface area contributed by atoms with Gasteiger partial charge in [0.05, 0.1) is 16.8 Å². The van der Waals surface area contributed by atoms with E-state index in [1.807, 2.05) is 42.5 Å². The van der Waals surface area contributed by atoms with E-state index in [0.29, 0.717) is 12.1 Å². The molecule has 0 bridgehead atoms. The van der Waals surface area contributed by atoms with Crippen LogP contribution in [0.3, 0.4) is 0 Å². The van der Waals surface area contributed by atoms with Crippen molar-refractivity contribution in [3.8, 4) is 11.3 Å². The first-order chi connectivity index (χ1) is 15.3. The molecule has 5 heteroatoms. The maximum Gasteiger partial charge on any atom is 0.252 e. The maximum atomic E-state index is 13.1. The van der Waals surface area contributed by atoms with Gasteiger partial charge in [0, 0.05) is 48.7 Å². The number of carbonyl (C=O) groups excluding carboxylic acids is 1. The van der Waals surface area contributed by atoms with E-state index >= 15 is 0 Å². The second kappa shape index (κ2) is 8.56. The number of para-hydroxylation sites is 1. The Kier molecular flexibility index (Phi) is 5.31. The second-order valence-electron chi connectivity index (χ2n) is 7.85. The second-order valence-corrected chi connectivity index (χ2v) is 7.85. The van der Waals surface area contributed by atoms with Crippen molar-refractivity contribution in [3.63, 3.8) is 0 Å². The van der Waals surface area contributed by atoms with Gasteiger partial charge in [-0.3, -0.25) is 9.78 Å². The van der Waals surface area contributed by atoms with Crippen LogP contribution in [0.1, 0.15) is 28.8 Å². The number of nitrogens with zero attached hydrogens (tertiary/aromatic N) is 3. The zero-order chi connectivity index (χ0) is 21.0. The highest BCUT2D eigenvalue weighted by Gasteiger charge is 2.15. The average molecular weight is 409 g/mol. The quantitative estimate of drug-likeness (QED) is 0.514. The molecule has 0 spiro atoms. The van der Waals surface area contributed by atoms with Gasteiger partial charge < -0.3 is 10.2 Å². The van der Waals surface area contributed by atoms with Crippen LogP contribution in [0.15, 0.2) is 79.1 Å². The molecule has 0 aliphatic carbocycles. The molecule has 1 saturated heterocycles. The highest BCUT2D eigenvalue weighted by Crippen LogP contribution is 2.25. The number of nitrogens with one attached hydrogen (secondary N) is 1. The third kappa shape index (κ3) is 4.12. The number of pyridine rings is 2. The smallest absolute Gasteiger partial charge is 0.252 e. The molecule has 1 aliphatic rings. The van der Waals surface area contributed by atoms with E-state index in [2.05, 4.69) is 39.5 Å². The van der Waals surface area contributed by atoms with Crippen molar-refractivity contribution in [1.29, 1.82) is 0 Å². The van der Waals surface area contributed by atoms with Crippen molar-refractivity contribution in [2.24, 2.45) is 0 Å². The van der Waals surface area contributed by atoms with Crippen molar-refractivity contribution < 1.29 is 4.79 Å². The van der Waals surface area contributed by atoms with Crippen LogP contribution in [0.5, 0.6) is 0 Å². The van der Waals surface area contributed by atoms with Crippen LogP contribution in [0.2, 0.25) is 0 Å². The van der Waals surface area contributed by atoms with E-state index < -0.39 is 0 Å². The zero-order valence-corrected chi connectivity index (χ0v) is 17.3. The monoisotopic (exact) mass is 408 g/mol. The number of hydrogen-bond donors (Lipinski definition) is 1. The summed E-state index contributed by atoms with van der Waals surface area (Å²) in [5.74, 6) is -0.0995. The molecule has 0 unspecified atom stereocenters. The SMILES string of the molecule is O=C(NCc1ccc(N2CCCC2)cc1)c1cc(-c2ccncc2)nc2ccccc12. The standard InChI is InChI=1S/C26H24N4O/c31-26(28-18-19-7-9-21(10-8-19)30-15-3-4-16-30)23-17-25(20-11-13-27-14-12-20)29-24-6-2-1-5-22(23)24/h1-2,5-14,17H,3-4,15-16,18H2,(H,28,31). The van der Waals surface area contributed by atoms with Gasteiger partial charge in [0.2, 0.25) is 0 Å². The highest BCUT2D eigenvalue weighted by molar-refractivity contribution is 6.07. The first kappa shape index (κ1) is 19.2. The van der Waals surface area contributed by atoms with Gasteiger partial charge >= 0.3 is 0 Å². The number of anilines is 1. The molecule has 1 fully saturated rings. The molecular weight excluding hydrogens is 384 g/mol. The molecule has 0 saturated carbocycles. The number of aromatic nitrogens is 2. The summed E-state index contributed by atoms with van der Waals surface area (Å²) in [5.41, 5.74) is 5.48. The van der Waals surface area contributed by atoms with Crippen LogP contribution in [-0.2, 0) is 6.54 Å². The van der Waals surface area contributed by atoms with Crippen molar-refractivity contribution in [3.05, 3.63) is 90.3 Å². The molecule has 2 aromatic carbocycles. The van der Waals surface area contributed by atoms with Crippen LogP contribution < -0.4 is 10.2 Å². The summed E-state index contributed by atoms with van der Waals surface area (Å²) in [5, 5.41) is 3.93. The van der Waals surface area contributed by atoms with Crippen LogP contribution in [0.25, 0.3) is 22.2 Å². The third-order valence-electron chi connectivity index (χ3n) is 5.80. The van der Waals surface area contributed by atoms with E-state index in [9.17, 15) is 4.79 Å². The van der Waals surface area contributed by atoms with E-state index in [4.69, 9.17) is 4.98 Å². The molecule has 3 heterocycles. The van der Waals surface area contributed by atoms with Gasteiger partial charge in [-0.05, 0) is 54.8 Å². The molecule has 5 rings (SSSR count). The Balaban J connectivity index is 1.38. The summed E-state index contributed by atoms with van der Waals surface area (Å²) >= 11 is 0. The molecular formula is C26H24N4O. The molecule has 2 aromatic heterocycles. The number of amides is 1. The third-order valence-corrected chi connectivity index (χ3v) is 5.80. The minimum Gasteiger partial charge on any atom is -0.372 e. The summed E-state index contributed by atoms with van der Waals surface area (Å²) in [6.45, 7) is 2.75. The fourth-order valence-corrected chi connectivity index (χ4v) is 4.11. The summed E-state index contributed by atoms with van der Waals surface area (Å²) in [7, 11) is 0. The number of carbonyl (C=O) groups is 1. The lowest BCUT2D eigenvalue weighted by atomic mass is 10.0. The lowest BCUT2D eigenvalue weighted by Gasteiger charge is -2.17. The predicted molar refractivity (Wildman–Crippen MR) is 124 cm³/mol. The summed E-state index contributed by atoms with van der Waals surface area (Å²) in [6.07, 6.45) is 5.99. The van der Waals surface area contributed by atoms with Gasteiger partial charge in [-0.15, -0.1) is 0 Å². The molecule has 1 amide bonds. The Morgan fingerprint density at radius 3 is 2.45 bits per heavy atom. The average Bonchev–Trinajstić information content (AvgIpc) is 3.38. The Labute approximate surface area is 181 Å². The maximum absolute atomic E-state index is 13.1. The Morgan fingerprint density at radius 2 is 1.68 bits per heavy atom. The molecule has 0 atom stereocenters. The zero-order valence-electron chi connectivity index (χ0n) is 17.3. The normalized spacial score (nSPS) is 13.5. The van der Waals surface area contributed by atoms with Gasteiger partial charge in [0.15, 0.2) is 0 Å². The molecule has 5 nitrogen and oxygen atoms in total. The highest BCUT2D eigenvalue weighted by atomic mass is 16.1. The molecule has 1 aliphatic heterocycles. The lowest BCUT2D eigenvalue weighted by Crippen LogP contribution is -2.23. The first-order valence-corrected chi connectivity index (χ1v) is 10.7. The van der Waals surface area contributed by atoms with Crippen LogP contribution in [-0.4, -0.2) is 29.0 Å². The Bertz CT molecular complexity index is 1200. The Hall–Kier alpha value is -3.73. The summed E-state index contributed by atoms with van der Waals surface area (Å²) in [4.78, 5) is 24.4. The summed E-state index contributed by atoms with van der Waals surface area (Å²) in [6, 6.07) is 21.9. The Morgan fingerprint density at radius 1 is 0.935 bits per heavy atom. The predicted octanol–water partition coefficient (Wildman–Crippen LogP) is 4.83. The molecule has 1 N–H and O–H groups in total. The number of rotatable bonds is 5. The van der Waals surface area contributed by atoms with Gasteiger partial charge in [-0.25, -0.2) is 4.98 Å². The summed E-state index contributed by atoms with van der Waals surface area (Å²) < 4.78 is 0.